The largest absolute Gasteiger partial charge is 0.199 e. The van der Waals surface area contributed by atoms with E-state index in [9.17, 15) is 0 Å². The van der Waals surface area contributed by atoms with Gasteiger partial charge >= 0.3 is 0 Å². The summed E-state index contributed by atoms with van der Waals surface area (Å²) in [4.78, 5) is 0. The van der Waals surface area contributed by atoms with Crippen LogP contribution >= 0.6 is 0 Å². The second-order valence-electron chi connectivity index (χ2n) is 3.27. The molecule has 1 rings (SSSR count). The summed E-state index contributed by atoms with van der Waals surface area (Å²) in [5.74, 6) is 0. The van der Waals surface area contributed by atoms with Crippen LogP contribution in [0.5, 0.6) is 0 Å². The van der Waals surface area contributed by atoms with E-state index in [0.717, 1.165) is 0 Å². The zero-order valence-corrected chi connectivity index (χ0v) is 8.32. The zero-order chi connectivity index (χ0) is 9.52. The van der Waals surface area contributed by atoms with Gasteiger partial charge in [-0.3, -0.25) is 0 Å². The lowest BCUT2D eigenvalue weighted by Gasteiger charge is -2.05. The Morgan fingerprint density at radius 3 is 2.54 bits per heavy atom. The van der Waals surface area contributed by atoms with Crippen LogP contribution in [0.1, 0.15) is 32.2 Å². The molecule has 1 heterocycles. The van der Waals surface area contributed by atoms with E-state index in [1.54, 1.807) is 0 Å². The molecule has 13 heavy (non-hydrogen) atoms. The lowest BCUT2D eigenvalue weighted by atomic mass is 10.1. The first-order chi connectivity index (χ1) is 6.38. The smallest absolute Gasteiger partial charge is 0.176 e. The molecule has 0 fully saturated rings. The van der Waals surface area contributed by atoms with Crippen LogP contribution in [0, 0.1) is 0 Å². The number of nitrogens with zero attached hydrogens (tertiary/aromatic N) is 1. The molecule has 1 unspecified atom stereocenters. The van der Waals surface area contributed by atoms with Crippen molar-refractivity contribution in [1.29, 1.82) is 0 Å². The van der Waals surface area contributed by atoms with Crippen LogP contribution in [0.4, 0.5) is 0 Å². The van der Waals surface area contributed by atoms with Crippen LogP contribution in [-0.4, -0.2) is 0 Å². The van der Waals surface area contributed by atoms with E-state index in [2.05, 4.69) is 42.6 Å². The fraction of sp³-hybridized carbons (Fsp3) is 0.417. The van der Waals surface area contributed by atoms with Crippen molar-refractivity contribution in [3.63, 3.8) is 0 Å². The van der Waals surface area contributed by atoms with Gasteiger partial charge in [-0.1, -0.05) is 26.0 Å². The van der Waals surface area contributed by atoms with Crippen LogP contribution in [0.15, 0.2) is 43.2 Å². The van der Waals surface area contributed by atoms with Crippen LogP contribution in [0.3, 0.4) is 0 Å². The number of rotatable bonds is 5. The van der Waals surface area contributed by atoms with Gasteiger partial charge in [0.2, 0.25) is 0 Å². The molecule has 70 valence electrons. The Morgan fingerprint density at radius 2 is 2.00 bits per heavy atom. The summed E-state index contributed by atoms with van der Waals surface area (Å²) in [5.41, 5.74) is 0. The van der Waals surface area contributed by atoms with Gasteiger partial charge in [-0.05, 0) is 12.5 Å². The average Bonchev–Trinajstić information content (AvgIpc) is 2.21. The second kappa shape index (κ2) is 5.52. The van der Waals surface area contributed by atoms with Crippen molar-refractivity contribution >= 4 is 0 Å². The normalized spacial score (nSPS) is 12.4. The van der Waals surface area contributed by atoms with Crippen molar-refractivity contribution < 1.29 is 4.57 Å². The van der Waals surface area contributed by atoms with E-state index < -0.39 is 0 Å². The Labute approximate surface area is 80.7 Å². The molecular formula is C12H18N+. The molecule has 1 nitrogen and oxygen atoms in total. The van der Waals surface area contributed by atoms with Gasteiger partial charge in [-0.2, -0.15) is 4.57 Å². The van der Waals surface area contributed by atoms with Gasteiger partial charge in [0.25, 0.3) is 0 Å². The Balaban J connectivity index is 2.61. The first-order valence-electron chi connectivity index (χ1n) is 4.96. The van der Waals surface area contributed by atoms with E-state index in [1.165, 1.54) is 19.3 Å². The van der Waals surface area contributed by atoms with Crippen molar-refractivity contribution in [3.8, 4) is 0 Å². The highest BCUT2D eigenvalue weighted by Gasteiger charge is 2.11. The highest BCUT2D eigenvalue weighted by Crippen LogP contribution is 2.08. The zero-order valence-electron chi connectivity index (χ0n) is 8.32. The molecule has 1 aromatic heterocycles. The topological polar surface area (TPSA) is 3.88 Å². The molecule has 0 aliphatic rings. The standard InChI is InChI=1S/C12H18N/c1-3-5-9-12(4-2)13-10-7-6-8-11-13/h4,6-8,10-12H,2-3,5,9H2,1H3/q+1. The highest BCUT2D eigenvalue weighted by molar-refractivity contribution is 4.85. The molecule has 0 N–H and O–H groups in total. The number of allylic oxidation sites excluding steroid dienone is 1. The van der Waals surface area contributed by atoms with E-state index in [-0.39, 0.29) is 0 Å². The van der Waals surface area contributed by atoms with Crippen molar-refractivity contribution in [3.05, 3.63) is 43.2 Å². The summed E-state index contributed by atoms with van der Waals surface area (Å²) in [7, 11) is 0. The van der Waals surface area contributed by atoms with Crippen LogP contribution < -0.4 is 4.57 Å². The van der Waals surface area contributed by atoms with Gasteiger partial charge in [0.1, 0.15) is 0 Å². The average molecular weight is 176 g/mol. The minimum Gasteiger partial charge on any atom is -0.199 e. The second-order valence-corrected chi connectivity index (χ2v) is 3.27. The maximum atomic E-state index is 3.87. The lowest BCUT2D eigenvalue weighted by Crippen LogP contribution is -2.37. The fourth-order valence-electron chi connectivity index (χ4n) is 1.43. The number of pyridine rings is 1. The van der Waals surface area contributed by atoms with Gasteiger partial charge < -0.3 is 0 Å². The summed E-state index contributed by atoms with van der Waals surface area (Å²) >= 11 is 0. The molecule has 1 heteroatoms. The Bertz CT molecular complexity index is 241. The van der Waals surface area contributed by atoms with Gasteiger partial charge in [-0.15, -0.1) is 0 Å². The summed E-state index contributed by atoms with van der Waals surface area (Å²) < 4.78 is 2.21. The van der Waals surface area contributed by atoms with E-state index in [0.29, 0.717) is 6.04 Å². The minimum atomic E-state index is 0.459. The molecule has 0 saturated carbocycles. The quantitative estimate of drug-likeness (QED) is 0.480. The summed E-state index contributed by atoms with van der Waals surface area (Å²) in [6.45, 7) is 6.09. The van der Waals surface area contributed by atoms with E-state index >= 15 is 0 Å². The summed E-state index contributed by atoms with van der Waals surface area (Å²) in [5, 5.41) is 0. The predicted molar refractivity (Wildman–Crippen MR) is 55.4 cm³/mol. The SMILES string of the molecule is C=CC(CCCC)[n+]1ccccc1. The molecule has 0 amide bonds. The Kier molecular flexibility index (Phi) is 4.24. The molecule has 0 aromatic carbocycles. The van der Waals surface area contributed by atoms with Gasteiger partial charge in [-0.25, -0.2) is 0 Å². The van der Waals surface area contributed by atoms with Gasteiger partial charge in [0.15, 0.2) is 18.4 Å². The number of aromatic nitrogens is 1. The number of hydrogen-bond acceptors (Lipinski definition) is 0. The van der Waals surface area contributed by atoms with Crippen LogP contribution in [-0.2, 0) is 0 Å². The molecular weight excluding hydrogens is 158 g/mol. The van der Waals surface area contributed by atoms with Gasteiger partial charge in [0.05, 0.1) is 0 Å². The summed E-state index contributed by atoms with van der Waals surface area (Å²) in [6, 6.07) is 6.61. The third kappa shape index (κ3) is 3.02. The number of unbranched alkanes of at least 4 members (excludes halogenated alkanes) is 1. The third-order valence-electron chi connectivity index (χ3n) is 2.25. The Hall–Kier alpha value is -1.11. The van der Waals surface area contributed by atoms with Gasteiger partial charge in [0, 0.05) is 18.6 Å². The molecule has 0 saturated heterocycles. The highest BCUT2D eigenvalue weighted by atomic mass is 15.0. The predicted octanol–water partition coefficient (Wildman–Crippen LogP) is 2.89. The van der Waals surface area contributed by atoms with Crippen LogP contribution in [0.25, 0.3) is 0 Å². The molecule has 0 aliphatic heterocycles. The van der Waals surface area contributed by atoms with E-state index in [1.807, 2.05) is 12.1 Å². The first kappa shape index (κ1) is 9.97. The Morgan fingerprint density at radius 1 is 1.31 bits per heavy atom. The molecule has 1 aromatic rings. The van der Waals surface area contributed by atoms with Crippen molar-refractivity contribution in [2.45, 2.75) is 32.2 Å². The maximum Gasteiger partial charge on any atom is 0.176 e. The van der Waals surface area contributed by atoms with E-state index in [4.69, 9.17) is 0 Å². The molecule has 0 bridgehead atoms. The fourth-order valence-corrected chi connectivity index (χ4v) is 1.43. The minimum absolute atomic E-state index is 0.459. The monoisotopic (exact) mass is 176 g/mol. The lowest BCUT2D eigenvalue weighted by molar-refractivity contribution is -0.713. The molecule has 0 spiro atoms. The first-order valence-corrected chi connectivity index (χ1v) is 4.96. The van der Waals surface area contributed by atoms with Crippen molar-refractivity contribution in [1.82, 2.24) is 0 Å². The molecule has 0 radical (unpaired) electrons. The third-order valence-corrected chi connectivity index (χ3v) is 2.25. The van der Waals surface area contributed by atoms with Crippen molar-refractivity contribution in [2.24, 2.45) is 0 Å². The van der Waals surface area contributed by atoms with Crippen LogP contribution in [0.2, 0.25) is 0 Å². The van der Waals surface area contributed by atoms with Crippen molar-refractivity contribution in [2.75, 3.05) is 0 Å². The maximum absolute atomic E-state index is 3.87. The molecule has 1 atom stereocenters. The molecule has 0 aliphatic carbocycles. The number of hydrogen-bond donors (Lipinski definition) is 0. The summed E-state index contributed by atoms with van der Waals surface area (Å²) in [6.07, 6.45) is 9.92.